The molecule has 2 rings (SSSR count). The minimum atomic E-state index is -3.03. The van der Waals surface area contributed by atoms with Crippen LogP contribution in [0.15, 0.2) is 0 Å². The summed E-state index contributed by atoms with van der Waals surface area (Å²) >= 11 is 0. The van der Waals surface area contributed by atoms with E-state index in [0.717, 1.165) is 19.3 Å². The lowest BCUT2D eigenvalue weighted by Gasteiger charge is -2.31. The first-order valence-corrected chi connectivity index (χ1v) is 7.92. The lowest BCUT2D eigenvalue weighted by atomic mass is 9.84. The van der Waals surface area contributed by atoms with E-state index in [2.05, 4.69) is 0 Å². The maximum absolute atomic E-state index is 12.0. The molecule has 0 bridgehead atoms. The van der Waals surface area contributed by atoms with Crippen molar-refractivity contribution >= 4 is 22.4 Å². The smallest absolute Gasteiger partial charge is 0.214 e. The minimum Gasteiger partial charge on any atom is -0.327 e. The van der Waals surface area contributed by atoms with Crippen LogP contribution < -0.4 is 5.73 Å². The van der Waals surface area contributed by atoms with E-state index in [4.69, 9.17) is 5.73 Å². The maximum Gasteiger partial charge on any atom is 0.214 e. The van der Waals surface area contributed by atoms with Crippen molar-refractivity contribution in [3.8, 4) is 0 Å². The number of hydrogen-bond acceptors (Lipinski definition) is 3. The lowest BCUT2D eigenvalue weighted by molar-refractivity contribution is 0.295. The van der Waals surface area contributed by atoms with Crippen LogP contribution in [0, 0.1) is 5.92 Å². The van der Waals surface area contributed by atoms with Gasteiger partial charge in [-0.25, -0.2) is 12.7 Å². The highest BCUT2D eigenvalue weighted by Crippen LogP contribution is 2.30. The summed E-state index contributed by atoms with van der Waals surface area (Å²) in [7, 11) is -3.03. The summed E-state index contributed by atoms with van der Waals surface area (Å²) in [4.78, 5) is 0. The Morgan fingerprint density at radius 1 is 1.18 bits per heavy atom. The number of nitrogens with two attached hydrogens (primary N) is 1. The molecular formula is C11H23ClN2O2S. The number of piperidine rings is 1. The highest BCUT2D eigenvalue weighted by atomic mass is 35.5. The Labute approximate surface area is 110 Å². The number of rotatable bonds is 4. The first-order chi connectivity index (χ1) is 7.58. The van der Waals surface area contributed by atoms with E-state index >= 15 is 0 Å². The molecule has 1 saturated carbocycles. The van der Waals surface area contributed by atoms with Crippen molar-refractivity contribution in [3.63, 3.8) is 0 Å². The molecular weight excluding hydrogens is 260 g/mol. The average molecular weight is 283 g/mol. The normalized spacial score (nSPS) is 27.2. The third kappa shape index (κ3) is 4.09. The SMILES string of the molecule is Cl.N[C@@H]1CCCN(S(=O)(=O)CCC2CCC2)C1. The van der Waals surface area contributed by atoms with E-state index in [1.165, 1.54) is 19.3 Å². The Morgan fingerprint density at radius 3 is 2.41 bits per heavy atom. The molecule has 4 nitrogen and oxygen atoms in total. The second-order valence-corrected chi connectivity index (χ2v) is 7.25. The van der Waals surface area contributed by atoms with Crippen molar-refractivity contribution in [2.24, 2.45) is 11.7 Å². The van der Waals surface area contributed by atoms with Crippen LogP contribution in [-0.2, 0) is 10.0 Å². The van der Waals surface area contributed by atoms with Crippen molar-refractivity contribution in [2.45, 2.75) is 44.6 Å². The Kier molecular flexibility index (Phi) is 5.70. The van der Waals surface area contributed by atoms with Gasteiger partial charge in [-0.1, -0.05) is 19.3 Å². The van der Waals surface area contributed by atoms with Crippen LogP contribution in [0.2, 0.25) is 0 Å². The van der Waals surface area contributed by atoms with E-state index in [9.17, 15) is 8.42 Å². The zero-order valence-electron chi connectivity index (χ0n) is 10.2. The second kappa shape index (κ2) is 6.36. The van der Waals surface area contributed by atoms with Crippen molar-refractivity contribution in [1.82, 2.24) is 4.31 Å². The highest BCUT2D eigenvalue weighted by molar-refractivity contribution is 7.89. The van der Waals surface area contributed by atoms with Crippen LogP contribution in [0.5, 0.6) is 0 Å². The van der Waals surface area contributed by atoms with Crippen molar-refractivity contribution in [3.05, 3.63) is 0 Å². The Bertz CT molecular complexity index is 330. The standard InChI is InChI=1S/C11H22N2O2S.ClH/c12-11-5-2-7-13(9-11)16(14,15)8-6-10-3-1-4-10;/h10-11H,1-9,12H2;1H/t11-;/m1./s1. The van der Waals surface area contributed by atoms with Crippen LogP contribution in [0.3, 0.4) is 0 Å². The third-order valence-corrected chi connectivity index (χ3v) is 5.69. The summed E-state index contributed by atoms with van der Waals surface area (Å²) in [6.07, 6.45) is 6.41. The van der Waals surface area contributed by atoms with Gasteiger partial charge in [0.1, 0.15) is 0 Å². The van der Waals surface area contributed by atoms with E-state index < -0.39 is 10.0 Å². The van der Waals surface area contributed by atoms with Gasteiger partial charge in [-0.2, -0.15) is 0 Å². The molecule has 0 amide bonds. The van der Waals surface area contributed by atoms with Crippen LogP contribution in [0.25, 0.3) is 0 Å². The van der Waals surface area contributed by atoms with E-state index in [-0.39, 0.29) is 18.4 Å². The minimum absolute atomic E-state index is 0. The van der Waals surface area contributed by atoms with Crippen molar-refractivity contribution in [2.75, 3.05) is 18.8 Å². The van der Waals surface area contributed by atoms with Gasteiger partial charge in [0, 0.05) is 19.1 Å². The molecule has 2 fully saturated rings. The molecule has 1 saturated heterocycles. The molecule has 0 aromatic carbocycles. The van der Waals surface area contributed by atoms with E-state index in [1.54, 1.807) is 4.31 Å². The molecule has 102 valence electrons. The van der Waals surface area contributed by atoms with Crippen LogP contribution in [0.4, 0.5) is 0 Å². The fraction of sp³-hybridized carbons (Fsp3) is 1.00. The largest absolute Gasteiger partial charge is 0.327 e. The molecule has 17 heavy (non-hydrogen) atoms. The number of sulfonamides is 1. The maximum atomic E-state index is 12.0. The molecule has 0 aromatic rings. The average Bonchev–Trinajstić information content (AvgIpc) is 2.15. The number of hydrogen-bond donors (Lipinski definition) is 1. The quantitative estimate of drug-likeness (QED) is 0.847. The van der Waals surface area contributed by atoms with E-state index in [1.807, 2.05) is 0 Å². The molecule has 2 N–H and O–H groups in total. The van der Waals surface area contributed by atoms with Crippen LogP contribution >= 0.6 is 12.4 Å². The van der Waals surface area contributed by atoms with Crippen molar-refractivity contribution < 1.29 is 8.42 Å². The summed E-state index contributed by atoms with van der Waals surface area (Å²) in [6.45, 7) is 1.19. The fourth-order valence-corrected chi connectivity index (χ4v) is 4.17. The third-order valence-electron chi connectivity index (χ3n) is 3.82. The van der Waals surface area contributed by atoms with Gasteiger partial charge >= 0.3 is 0 Å². The number of halogens is 1. The van der Waals surface area contributed by atoms with Gasteiger partial charge in [0.15, 0.2) is 0 Å². The van der Waals surface area contributed by atoms with Gasteiger partial charge in [-0.3, -0.25) is 0 Å². The number of nitrogens with zero attached hydrogens (tertiary/aromatic N) is 1. The van der Waals surface area contributed by atoms with Gasteiger partial charge in [-0.15, -0.1) is 12.4 Å². The summed E-state index contributed by atoms with van der Waals surface area (Å²) < 4.78 is 25.7. The van der Waals surface area contributed by atoms with Gasteiger partial charge in [0.2, 0.25) is 10.0 Å². The van der Waals surface area contributed by atoms with Gasteiger partial charge < -0.3 is 5.73 Å². The zero-order chi connectivity index (χ0) is 11.6. The Balaban J connectivity index is 0.00000144. The summed E-state index contributed by atoms with van der Waals surface area (Å²) in [6, 6.07) is 0.0345. The molecule has 6 heteroatoms. The highest BCUT2D eigenvalue weighted by Gasteiger charge is 2.28. The monoisotopic (exact) mass is 282 g/mol. The zero-order valence-corrected chi connectivity index (χ0v) is 11.8. The van der Waals surface area contributed by atoms with Gasteiger partial charge in [-0.05, 0) is 25.2 Å². The molecule has 1 atom stereocenters. The van der Waals surface area contributed by atoms with E-state index in [0.29, 0.717) is 24.8 Å². The first kappa shape index (κ1) is 15.2. The molecule has 0 unspecified atom stereocenters. The summed E-state index contributed by atoms with van der Waals surface area (Å²) in [5, 5.41) is 0. The van der Waals surface area contributed by atoms with Crippen LogP contribution in [-0.4, -0.2) is 37.6 Å². The van der Waals surface area contributed by atoms with Gasteiger partial charge in [0.05, 0.1) is 5.75 Å². The topological polar surface area (TPSA) is 63.4 Å². The lowest BCUT2D eigenvalue weighted by Crippen LogP contribution is -2.46. The molecule has 0 aromatic heterocycles. The second-order valence-electron chi connectivity index (χ2n) is 5.16. The molecule has 1 aliphatic carbocycles. The predicted octanol–water partition coefficient (Wildman–Crippen LogP) is 1.35. The first-order valence-electron chi connectivity index (χ1n) is 6.31. The molecule has 0 radical (unpaired) electrons. The predicted molar refractivity (Wildman–Crippen MR) is 71.8 cm³/mol. The summed E-state index contributed by atoms with van der Waals surface area (Å²) in [5.41, 5.74) is 5.81. The van der Waals surface area contributed by atoms with Crippen LogP contribution in [0.1, 0.15) is 38.5 Å². The van der Waals surface area contributed by atoms with Crippen molar-refractivity contribution in [1.29, 1.82) is 0 Å². The van der Waals surface area contributed by atoms with Gasteiger partial charge in [0.25, 0.3) is 0 Å². The Hall–Kier alpha value is 0.160. The fourth-order valence-electron chi connectivity index (χ4n) is 2.45. The summed E-state index contributed by atoms with van der Waals surface area (Å²) in [5.74, 6) is 0.984. The molecule has 1 aliphatic heterocycles. The molecule has 2 aliphatic rings. The molecule has 0 spiro atoms. The Morgan fingerprint density at radius 2 is 1.88 bits per heavy atom. The molecule has 1 heterocycles.